The van der Waals surface area contributed by atoms with Crippen molar-refractivity contribution >= 4 is 34.4 Å². The van der Waals surface area contributed by atoms with E-state index in [0.717, 1.165) is 17.8 Å². The zero-order valence-electron chi connectivity index (χ0n) is 7.16. The summed E-state index contributed by atoms with van der Waals surface area (Å²) in [5, 5.41) is -0.145. The molecule has 0 aromatic carbocycles. The van der Waals surface area contributed by atoms with Crippen LogP contribution in [0.3, 0.4) is 0 Å². The van der Waals surface area contributed by atoms with Gasteiger partial charge in [-0.2, -0.15) is 0 Å². The number of ether oxygens (including phenoxy) is 1. The van der Waals surface area contributed by atoms with Crippen LogP contribution in [0.15, 0.2) is 34.7 Å². The van der Waals surface area contributed by atoms with Crippen molar-refractivity contribution < 1.29 is 14.3 Å². The summed E-state index contributed by atoms with van der Waals surface area (Å²) in [5.74, 6) is -0.549. The molecule has 5 heteroatoms. The lowest BCUT2D eigenvalue weighted by atomic mass is 10.3. The Morgan fingerprint density at radius 3 is 2.93 bits per heavy atom. The number of allylic oxidation sites excluding steroid dienone is 1. The predicted molar refractivity (Wildman–Crippen MR) is 55.8 cm³/mol. The highest BCUT2D eigenvalue weighted by molar-refractivity contribution is 8.18. The smallest absolute Gasteiger partial charge is 0.330 e. The van der Waals surface area contributed by atoms with Crippen molar-refractivity contribution in [2.24, 2.45) is 0 Å². The molecule has 0 saturated heterocycles. The first-order chi connectivity index (χ1) is 6.67. The molecule has 0 bridgehead atoms. The van der Waals surface area contributed by atoms with Crippen LogP contribution >= 0.6 is 23.4 Å². The summed E-state index contributed by atoms with van der Waals surface area (Å²) in [6.45, 7) is 3.20. The number of hydrogen-bond acceptors (Lipinski definition) is 4. The van der Waals surface area contributed by atoms with Crippen LogP contribution in [0.25, 0.3) is 0 Å². The maximum Gasteiger partial charge on any atom is 0.330 e. The number of carbonyl (C=O) groups excluding carboxylic acids is 2. The van der Waals surface area contributed by atoms with Gasteiger partial charge in [0.25, 0.3) is 0 Å². The Bertz CT molecular complexity index is 344. The van der Waals surface area contributed by atoms with E-state index in [1.807, 2.05) is 0 Å². The zero-order chi connectivity index (χ0) is 10.6. The van der Waals surface area contributed by atoms with Gasteiger partial charge in [-0.3, -0.25) is 4.79 Å². The molecule has 1 heterocycles. The van der Waals surface area contributed by atoms with E-state index < -0.39 is 5.97 Å². The Labute approximate surface area is 90.4 Å². The highest BCUT2D eigenvalue weighted by atomic mass is 35.5. The van der Waals surface area contributed by atoms with Crippen LogP contribution in [0.4, 0.5) is 0 Å². The Morgan fingerprint density at radius 1 is 1.71 bits per heavy atom. The van der Waals surface area contributed by atoms with E-state index >= 15 is 0 Å². The minimum absolute atomic E-state index is 0.0368. The lowest BCUT2D eigenvalue weighted by Gasteiger charge is -1.99. The minimum atomic E-state index is -0.549. The molecule has 1 aliphatic rings. The summed E-state index contributed by atoms with van der Waals surface area (Å²) in [6.07, 6.45) is 2.64. The van der Waals surface area contributed by atoms with E-state index in [4.69, 9.17) is 16.3 Å². The van der Waals surface area contributed by atoms with Crippen molar-refractivity contribution in [2.45, 2.75) is 0 Å². The fourth-order valence-electron chi connectivity index (χ4n) is 0.795. The van der Waals surface area contributed by atoms with Gasteiger partial charge in [-0.15, -0.1) is 0 Å². The molecule has 0 aromatic rings. The van der Waals surface area contributed by atoms with Gasteiger partial charge in [-0.1, -0.05) is 18.2 Å². The van der Waals surface area contributed by atoms with Gasteiger partial charge in [0.1, 0.15) is 6.61 Å². The summed E-state index contributed by atoms with van der Waals surface area (Å²) in [6, 6.07) is 0. The van der Waals surface area contributed by atoms with Crippen LogP contribution in [-0.2, 0) is 14.3 Å². The maximum atomic E-state index is 11.2. The summed E-state index contributed by atoms with van der Waals surface area (Å²) >= 11 is 6.44. The number of halogens is 1. The van der Waals surface area contributed by atoms with Crippen molar-refractivity contribution in [3.05, 3.63) is 34.7 Å². The molecule has 0 radical (unpaired) electrons. The van der Waals surface area contributed by atoms with Crippen LogP contribution in [0.2, 0.25) is 0 Å². The van der Waals surface area contributed by atoms with Gasteiger partial charge >= 0.3 is 5.97 Å². The van der Waals surface area contributed by atoms with Crippen LogP contribution in [0, 0.1) is 0 Å². The fraction of sp³-hybridized carbons (Fsp3) is 0.111. The Morgan fingerprint density at radius 2 is 2.43 bits per heavy atom. The first-order valence-electron chi connectivity index (χ1n) is 3.69. The van der Waals surface area contributed by atoms with Crippen LogP contribution in [0.5, 0.6) is 0 Å². The average Bonchev–Trinajstić information content (AvgIpc) is 2.55. The number of carbonyl (C=O) groups is 2. The predicted octanol–water partition coefficient (Wildman–Crippen LogP) is 2.00. The molecule has 0 N–H and O–H groups in total. The SMILES string of the molecule is C=CC(=O)OCC1=CC(=CCl)SC1=O. The molecule has 0 atom stereocenters. The highest BCUT2D eigenvalue weighted by Gasteiger charge is 2.20. The number of rotatable bonds is 3. The third-order valence-electron chi connectivity index (χ3n) is 1.43. The van der Waals surface area contributed by atoms with Crippen molar-refractivity contribution in [2.75, 3.05) is 6.61 Å². The van der Waals surface area contributed by atoms with E-state index in [-0.39, 0.29) is 11.7 Å². The third-order valence-corrected chi connectivity index (χ3v) is 2.72. The van der Waals surface area contributed by atoms with Gasteiger partial charge in [0.05, 0.1) is 0 Å². The second-order valence-corrected chi connectivity index (χ2v) is 3.65. The molecule has 74 valence electrons. The molecule has 1 aliphatic heterocycles. The largest absolute Gasteiger partial charge is 0.457 e. The zero-order valence-corrected chi connectivity index (χ0v) is 8.73. The molecule has 0 spiro atoms. The van der Waals surface area contributed by atoms with Gasteiger partial charge in [-0.25, -0.2) is 4.79 Å². The fourth-order valence-corrected chi connectivity index (χ4v) is 1.70. The van der Waals surface area contributed by atoms with Crippen molar-refractivity contribution in [1.29, 1.82) is 0 Å². The van der Waals surface area contributed by atoms with Gasteiger partial charge in [0.15, 0.2) is 0 Å². The topological polar surface area (TPSA) is 43.4 Å². The molecule has 0 fully saturated rings. The molecular formula is C9H7ClO3S. The number of thioether (sulfide) groups is 1. The molecule has 0 saturated carbocycles. The first kappa shape index (κ1) is 11.1. The molecule has 0 amide bonds. The third kappa shape index (κ3) is 2.75. The standard InChI is InChI=1S/C9H7ClO3S/c1-2-8(11)13-5-6-3-7(4-10)14-9(6)12/h2-4H,1,5H2. The molecule has 0 aromatic heterocycles. The molecule has 3 nitrogen and oxygen atoms in total. The second-order valence-electron chi connectivity index (χ2n) is 2.38. The van der Waals surface area contributed by atoms with E-state index in [9.17, 15) is 9.59 Å². The van der Waals surface area contributed by atoms with E-state index in [0.29, 0.717) is 10.5 Å². The molecule has 1 rings (SSSR count). The van der Waals surface area contributed by atoms with E-state index in [1.54, 1.807) is 6.08 Å². The summed E-state index contributed by atoms with van der Waals surface area (Å²) in [7, 11) is 0. The Hall–Kier alpha value is -1.00. The number of esters is 1. The molecule has 14 heavy (non-hydrogen) atoms. The summed E-state index contributed by atoms with van der Waals surface area (Å²) in [4.78, 5) is 22.6. The summed E-state index contributed by atoms with van der Waals surface area (Å²) in [5.41, 5.74) is 1.74. The van der Waals surface area contributed by atoms with E-state index in [2.05, 4.69) is 6.58 Å². The van der Waals surface area contributed by atoms with Crippen LogP contribution in [0.1, 0.15) is 0 Å². The van der Waals surface area contributed by atoms with Gasteiger partial charge in [0, 0.05) is 22.1 Å². The minimum Gasteiger partial charge on any atom is -0.457 e. The van der Waals surface area contributed by atoms with Crippen molar-refractivity contribution in [3.63, 3.8) is 0 Å². The van der Waals surface area contributed by atoms with Crippen molar-refractivity contribution in [1.82, 2.24) is 0 Å². The molecule has 0 unspecified atom stereocenters. The van der Waals surface area contributed by atoms with Gasteiger partial charge in [0.2, 0.25) is 5.12 Å². The Kier molecular flexibility index (Phi) is 3.98. The van der Waals surface area contributed by atoms with Crippen LogP contribution in [-0.4, -0.2) is 17.7 Å². The monoisotopic (exact) mass is 230 g/mol. The quantitative estimate of drug-likeness (QED) is 0.550. The number of hydrogen-bond donors (Lipinski definition) is 0. The molecule has 0 aliphatic carbocycles. The van der Waals surface area contributed by atoms with Gasteiger partial charge in [-0.05, 0) is 17.8 Å². The van der Waals surface area contributed by atoms with Crippen molar-refractivity contribution in [3.8, 4) is 0 Å². The normalized spacial score (nSPS) is 18.2. The van der Waals surface area contributed by atoms with Crippen LogP contribution < -0.4 is 0 Å². The summed E-state index contributed by atoms with van der Waals surface area (Å²) < 4.78 is 4.71. The van der Waals surface area contributed by atoms with Gasteiger partial charge < -0.3 is 4.74 Å². The highest BCUT2D eigenvalue weighted by Crippen LogP contribution is 2.31. The van der Waals surface area contributed by atoms with E-state index in [1.165, 1.54) is 5.54 Å². The maximum absolute atomic E-state index is 11.2. The molecular weight excluding hydrogens is 224 g/mol. The first-order valence-corrected chi connectivity index (χ1v) is 4.95. The average molecular weight is 231 g/mol. The Balaban J connectivity index is 2.57. The lowest BCUT2D eigenvalue weighted by molar-refractivity contribution is -0.136. The lowest BCUT2D eigenvalue weighted by Crippen LogP contribution is -2.06. The second kappa shape index (κ2) is 5.02.